The summed E-state index contributed by atoms with van der Waals surface area (Å²) in [6.07, 6.45) is 0. The van der Waals surface area contributed by atoms with Gasteiger partial charge in [0.05, 0.1) is 0 Å². The van der Waals surface area contributed by atoms with Gasteiger partial charge in [-0.3, -0.25) is 4.79 Å². The zero-order valence-corrected chi connectivity index (χ0v) is 7.83. The summed E-state index contributed by atoms with van der Waals surface area (Å²) in [5.74, 6) is 0. The number of aromatic amines is 1. The second-order valence-corrected chi connectivity index (χ2v) is 3.30. The fourth-order valence-corrected chi connectivity index (χ4v) is 1.42. The van der Waals surface area contributed by atoms with Crippen molar-refractivity contribution in [2.45, 2.75) is 6.54 Å². The molecule has 0 spiro atoms. The summed E-state index contributed by atoms with van der Waals surface area (Å²) in [4.78, 5) is 13.4. The van der Waals surface area contributed by atoms with E-state index in [0.717, 1.165) is 25.3 Å². The minimum atomic E-state index is 0.0143. The van der Waals surface area contributed by atoms with Crippen LogP contribution < -0.4 is 15.5 Å². The van der Waals surface area contributed by atoms with Gasteiger partial charge in [0, 0.05) is 30.7 Å². The van der Waals surface area contributed by atoms with Crippen molar-refractivity contribution >= 4 is 11.3 Å². The summed E-state index contributed by atoms with van der Waals surface area (Å²) in [7, 11) is 1.91. The number of nitrogens with one attached hydrogen (secondary N) is 3. The monoisotopic (exact) mass is 187 g/mol. The number of likely N-dealkylation sites (N-methyl/N-ethyl adjacent to an activating group) is 1. The highest BCUT2D eigenvalue weighted by atomic mass is 32.1. The van der Waals surface area contributed by atoms with Crippen LogP contribution in [0.25, 0.3) is 0 Å². The molecule has 0 aliphatic heterocycles. The lowest BCUT2D eigenvalue weighted by molar-refractivity contribution is 0.643. The number of hydrogen-bond donors (Lipinski definition) is 3. The number of hydrogen-bond acceptors (Lipinski definition) is 4. The Morgan fingerprint density at radius 2 is 2.42 bits per heavy atom. The quantitative estimate of drug-likeness (QED) is 0.557. The lowest BCUT2D eigenvalue weighted by atomic mass is 10.5. The third-order valence-corrected chi connectivity index (χ3v) is 2.16. The first-order valence-corrected chi connectivity index (χ1v) is 4.73. The molecule has 3 N–H and O–H groups in total. The van der Waals surface area contributed by atoms with Gasteiger partial charge in [-0.15, -0.1) is 0 Å². The Kier molecular flexibility index (Phi) is 3.99. The van der Waals surface area contributed by atoms with E-state index in [9.17, 15) is 4.79 Å². The van der Waals surface area contributed by atoms with Gasteiger partial charge >= 0.3 is 4.87 Å². The van der Waals surface area contributed by atoms with Crippen LogP contribution in [0.3, 0.4) is 0 Å². The Hall–Kier alpha value is -0.650. The van der Waals surface area contributed by atoms with Crippen LogP contribution in [-0.2, 0) is 6.54 Å². The fraction of sp³-hybridized carbons (Fsp3) is 0.571. The van der Waals surface area contributed by atoms with Crippen molar-refractivity contribution in [3.8, 4) is 0 Å². The van der Waals surface area contributed by atoms with Crippen LogP contribution in [-0.4, -0.2) is 25.1 Å². The Morgan fingerprint density at radius 1 is 1.58 bits per heavy atom. The Bertz CT molecular complexity index is 268. The van der Waals surface area contributed by atoms with Crippen LogP contribution in [0.2, 0.25) is 0 Å². The normalized spacial score (nSPS) is 10.4. The third kappa shape index (κ3) is 3.17. The molecule has 0 radical (unpaired) electrons. The molecule has 1 aromatic rings. The maximum absolute atomic E-state index is 10.7. The van der Waals surface area contributed by atoms with E-state index in [1.807, 2.05) is 12.4 Å². The summed E-state index contributed by atoms with van der Waals surface area (Å²) in [6, 6.07) is 0. The zero-order valence-electron chi connectivity index (χ0n) is 7.02. The highest BCUT2D eigenvalue weighted by Gasteiger charge is 1.94. The molecule has 4 nitrogen and oxygen atoms in total. The molecule has 0 saturated heterocycles. The summed E-state index contributed by atoms with van der Waals surface area (Å²) in [6.45, 7) is 2.59. The number of aromatic nitrogens is 1. The second kappa shape index (κ2) is 5.08. The van der Waals surface area contributed by atoms with Crippen LogP contribution in [0, 0.1) is 0 Å². The molecule has 0 aliphatic carbocycles. The van der Waals surface area contributed by atoms with Crippen LogP contribution in [0.4, 0.5) is 0 Å². The average molecular weight is 187 g/mol. The average Bonchev–Trinajstić information content (AvgIpc) is 2.45. The van der Waals surface area contributed by atoms with Gasteiger partial charge in [0.25, 0.3) is 0 Å². The van der Waals surface area contributed by atoms with Crippen LogP contribution in [0.5, 0.6) is 0 Å². The summed E-state index contributed by atoms with van der Waals surface area (Å²) in [5.41, 5.74) is 0.959. The van der Waals surface area contributed by atoms with Crippen molar-refractivity contribution < 1.29 is 0 Å². The topological polar surface area (TPSA) is 56.9 Å². The lowest BCUT2D eigenvalue weighted by Gasteiger charge is -2.00. The van der Waals surface area contributed by atoms with E-state index in [4.69, 9.17) is 0 Å². The molecule has 0 unspecified atom stereocenters. The molecular formula is C7H13N3OS. The van der Waals surface area contributed by atoms with E-state index in [1.165, 1.54) is 11.3 Å². The maximum atomic E-state index is 10.7. The van der Waals surface area contributed by atoms with Crippen molar-refractivity contribution in [1.82, 2.24) is 15.6 Å². The van der Waals surface area contributed by atoms with E-state index >= 15 is 0 Å². The van der Waals surface area contributed by atoms with Crippen molar-refractivity contribution in [1.29, 1.82) is 0 Å². The van der Waals surface area contributed by atoms with Crippen LogP contribution >= 0.6 is 11.3 Å². The van der Waals surface area contributed by atoms with E-state index in [2.05, 4.69) is 15.6 Å². The second-order valence-electron chi connectivity index (χ2n) is 2.45. The third-order valence-electron chi connectivity index (χ3n) is 1.44. The highest BCUT2D eigenvalue weighted by molar-refractivity contribution is 7.07. The van der Waals surface area contributed by atoms with Gasteiger partial charge < -0.3 is 15.6 Å². The standard InChI is InChI=1S/C7H13N3OS/c1-8-2-3-9-4-6-5-12-7(11)10-6/h5,8-9H,2-4H2,1H3,(H,10,11). The predicted octanol–water partition coefficient (Wildman–Crippen LogP) is -0.255. The Labute approximate surface area is 75.0 Å². The number of rotatable bonds is 5. The molecule has 5 heteroatoms. The van der Waals surface area contributed by atoms with E-state index in [-0.39, 0.29) is 4.87 Å². The Morgan fingerprint density at radius 3 is 3.00 bits per heavy atom. The molecule has 0 aromatic carbocycles. The smallest absolute Gasteiger partial charge is 0.304 e. The molecule has 0 saturated carbocycles. The van der Waals surface area contributed by atoms with Gasteiger partial charge in [-0.05, 0) is 7.05 Å². The Balaban J connectivity index is 2.20. The largest absolute Gasteiger partial charge is 0.318 e. The highest BCUT2D eigenvalue weighted by Crippen LogP contribution is 1.93. The minimum Gasteiger partial charge on any atom is -0.318 e. The first-order chi connectivity index (χ1) is 5.83. The molecule has 1 aromatic heterocycles. The maximum Gasteiger partial charge on any atom is 0.304 e. The van der Waals surface area contributed by atoms with Crippen LogP contribution in [0.15, 0.2) is 10.2 Å². The summed E-state index contributed by atoms with van der Waals surface area (Å²) < 4.78 is 0. The fourth-order valence-electron chi connectivity index (χ4n) is 0.837. The van der Waals surface area contributed by atoms with E-state index in [1.54, 1.807) is 0 Å². The molecule has 12 heavy (non-hydrogen) atoms. The predicted molar refractivity (Wildman–Crippen MR) is 50.6 cm³/mol. The lowest BCUT2D eigenvalue weighted by Crippen LogP contribution is -2.24. The van der Waals surface area contributed by atoms with E-state index < -0.39 is 0 Å². The molecule has 68 valence electrons. The van der Waals surface area contributed by atoms with Crippen molar-refractivity contribution in [3.63, 3.8) is 0 Å². The molecule has 0 bridgehead atoms. The molecule has 0 fully saturated rings. The molecule has 0 aliphatic rings. The summed E-state index contributed by atoms with van der Waals surface area (Å²) >= 11 is 1.20. The van der Waals surface area contributed by atoms with Crippen LogP contribution in [0.1, 0.15) is 5.69 Å². The zero-order chi connectivity index (χ0) is 8.81. The minimum absolute atomic E-state index is 0.0143. The van der Waals surface area contributed by atoms with E-state index in [0.29, 0.717) is 0 Å². The van der Waals surface area contributed by atoms with Gasteiger partial charge in [-0.1, -0.05) is 11.3 Å². The molecule has 0 atom stereocenters. The molecule has 0 amide bonds. The van der Waals surface area contributed by atoms with Crippen molar-refractivity contribution in [2.24, 2.45) is 0 Å². The molecular weight excluding hydrogens is 174 g/mol. The number of thiazole rings is 1. The van der Waals surface area contributed by atoms with Gasteiger partial charge in [0.1, 0.15) is 0 Å². The van der Waals surface area contributed by atoms with Gasteiger partial charge in [0.2, 0.25) is 0 Å². The molecule has 1 heterocycles. The van der Waals surface area contributed by atoms with Gasteiger partial charge in [-0.25, -0.2) is 0 Å². The summed E-state index contributed by atoms with van der Waals surface area (Å²) in [5, 5.41) is 8.06. The SMILES string of the molecule is CNCCNCc1csc(=O)[nH]1. The van der Waals surface area contributed by atoms with Gasteiger partial charge in [-0.2, -0.15) is 0 Å². The molecule has 1 rings (SSSR count). The van der Waals surface area contributed by atoms with Gasteiger partial charge in [0.15, 0.2) is 0 Å². The van der Waals surface area contributed by atoms with Crippen molar-refractivity contribution in [2.75, 3.05) is 20.1 Å². The first-order valence-electron chi connectivity index (χ1n) is 3.85. The first kappa shape index (κ1) is 9.44. The number of H-pyrrole nitrogens is 1. The van der Waals surface area contributed by atoms with Crippen molar-refractivity contribution in [3.05, 3.63) is 20.7 Å².